The second kappa shape index (κ2) is 4.86. The lowest BCUT2D eigenvalue weighted by Gasteiger charge is -2.27. The Bertz CT molecular complexity index is 312. The quantitative estimate of drug-likeness (QED) is 0.617. The fourth-order valence-corrected chi connectivity index (χ4v) is 2.06. The lowest BCUT2D eigenvalue weighted by atomic mass is 10.1. The highest BCUT2D eigenvalue weighted by Gasteiger charge is 2.20. The fraction of sp³-hybridized carbons (Fsp3) is 0.500. The number of ether oxygens (including phenoxy) is 1. The molecule has 0 spiro atoms. The first-order valence-corrected chi connectivity index (χ1v) is 5.78. The van der Waals surface area contributed by atoms with Crippen LogP contribution in [0, 0.1) is 6.92 Å². The molecule has 1 N–H and O–H groups in total. The minimum Gasteiger partial charge on any atom is -0.490 e. The zero-order valence-corrected chi connectivity index (χ0v) is 9.63. The van der Waals surface area contributed by atoms with Gasteiger partial charge < -0.3 is 10.1 Å². The molecule has 1 saturated heterocycles. The Hall–Kier alpha value is -0.730. The number of nitrogens with one attached hydrogen (secondary N) is 1. The maximum absolute atomic E-state index is 6.01. The van der Waals surface area contributed by atoms with Gasteiger partial charge in [-0.15, -0.1) is 11.6 Å². The molecule has 1 fully saturated rings. The van der Waals surface area contributed by atoms with Crippen molar-refractivity contribution in [3.8, 4) is 5.75 Å². The molecule has 1 aromatic rings. The molecule has 2 nitrogen and oxygen atoms in total. The van der Waals surface area contributed by atoms with E-state index in [1.165, 1.54) is 5.56 Å². The summed E-state index contributed by atoms with van der Waals surface area (Å²) in [6.07, 6.45) is 2.14. The highest BCUT2D eigenvalue weighted by Crippen LogP contribution is 2.19. The van der Waals surface area contributed by atoms with Gasteiger partial charge in [-0.25, -0.2) is 0 Å². The predicted octanol–water partition coefficient (Wildman–Crippen LogP) is 2.69. The maximum atomic E-state index is 6.01. The number of benzene rings is 1. The van der Waals surface area contributed by atoms with Gasteiger partial charge in [0.1, 0.15) is 11.9 Å². The van der Waals surface area contributed by atoms with Gasteiger partial charge in [-0.1, -0.05) is 17.7 Å². The van der Waals surface area contributed by atoms with Gasteiger partial charge in [0, 0.05) is 6.42 Å². The molecule has 82 valence electrons. The summed E-state index contributed by atoms with van der Waals surface area (Å²) in [6.45, 7) is 3.01. The Labute approximate surface area is 95.6 Å². The van der Waals surface area contributed by atoms with Crippen LogP contribution in [-0.2, 0) is 0 Å². The third-order valence-electron chi connectivity index (χ3n) is 2.63. The first-order valence-electron chi connectivity index (χ1n) is 5.35. The van der Waals surface area contributed by atoms with Crippen molar-refractivity contribution in [2.75, 3.05) is 6.54 Å². The number of rotatable bonds is 2. The van der Waals surface area contributed by atoms with Gasteiger partial charge in [0.05, 0.1) is 5.50 Å². The van der Waals surface area contributed by atoms with E-state index >= 15 is 0 Å². The van der Waals surface area contributed by atoms with E-state index in [1.807, 2.05) is 12.1 Å². The average Bonchev–Trinajstić information content (AvgIpc) is 2.22. The van der Waals surface area contributed by atoms with Crippen LogP contribution in [0.4, 0.5) is 0 Å². The summed E-state index contributed by atoms with van der Waals surface area (Å²) in [5, 5.41) is 3.19. The largest absolute Gasteiger partial charge is 0.490 e. The van der Waals surface area contributed by atoms with Crippen LogP contribution >= 0.6 is 11.6 Å². The molecule has 0 bridgehead atoms. The smallest absolute Gasteiger partial charge is 0.119 e. The normalized spacial score (nSPS) is 26.3. The molecular formula is C12H16ClNO. The van der Waals surface area contributed by atoms with Crippen LogP contribution in [0.1, 0.15) is 18.4 Å². The number of piperidine rings is 1. The van der Waals surface area contributed by atoms with Gasteiger partial charge in [0.25, 0.3) is 0 Å². The minimum absolute atomic E-state index is 0.0502. The Morgan fingerprint density at radius 1 is 1.33 bits per heavy atom. The molecule has 0 aromatic heterocycles. The fourth-order valence-electron chi connectivity index (χ4n) is 1.75. The van der Waals surface area contributed by atoms with E-state index in [1.54, 1.807) is 0 Å². The molecule has 0 saturated carbocycles. The molecule has 0 aliphatic carbocycles. The Morgan fingerprint density at radius 2 is 2.07 bits per heavy atom. The van der Waals surface area contributed by atoms with Crippen LogP contribution in [0.2, 0.25) is 0 Å². The van der Waals surface area contributed by atoms with Gasteiger partial charge in [-0.05, 0) is 32.0 Å². The van der Waals surface area contributed by atoms with E-state index in [4.69, 9.17) is 16.3 Å². The molecule has 1 aliphatic rings. The van der Waals surface area contributed by atoms with Crippen LogP contribution in [0.3, 0.4) is 0 Å². The molecule has 15 heavy (non-hydrogen) atoms. The molecule has 1 aliphatic heterocycles. The van der Waals surface area contributed by atoms with Gasteiger partial charge in [0.15, 0.2) is 0 Å². The lowest BCUT2D eigenvalue weighted by molar-refractivity contribution is 0.155. The van der Waals surface area contributed by atoms with Crippen molar-refractivity contribution in [2.24, 2.45) is 0 Å². The van der Waals surface area contributed by atoms with Gasteiger partial charge in [-0.3, -0.25) is 0 Å². The van der Waals surface area contributed by atoms with E-state index in [0.717, 1.165) is 25.1 Å². The average molecular weight is 226 g/mol. The van der Waals surface area contributed by atoms with Crippen molar-refractivity contribution in [3.63, 3.8) is 0 Å². The van der Waals surface area contributed by atoms with E-state index in [-0.39, 0.29) is 11.6 Å². The summed E-state index contributed by atoms with van der Waals surface area (Å²) in [7, 11) is 0. The van der Waals surface area contributed by atoms with Crippen molar-refractivity contribution in [1.29, 1.82) is 0 Å². The molecule has 0 radical (unpaired) electrons. The Balaban J connectivity index is 1.93. The predicted molar refractivity (Wildman–Crippen MR) is 62.5 cm³/mol. The standard InChI is InChI=1S/C12H16ClNO/c1-9-2-4-10(5-3-9)15-11-6-7-14-12(13)8-11/h2-5,11-12,14H,6-8H2,1H3. The summed E-state index contributed by atoms with van der Waals surface area (Å²) in [5.41, 5.74) is 1.30. The molecule has 2 atom stereocenters. The lowest BCUT2D eigenvalue weighted by Crippen LogP contribution is -2.39. The third kappa shape index (κ3) is 3.11. The first-order chi connectivity index (χ1) is 7.24. The first kappa shape index (κ1) is 10.8. The van der Waals surface area contributed by atoms with Crippen LogP contribution in [0.5, 0.6) is 5.75 Å². The second-order valence-corrected chi connectivity index (χ2v) is 4.53. The molecule has 0 amide bonds. The van der Waals surface area contributed by atoms with E-state index < -0.39 is 0 Å². The van der Waals surface area contributed by atoms with Crippen LogP contribution < -0.4 is 10.1 Å². The van der Waals surface area contributed by atoms with Crippen molar-refractivity contribution in [2.45, 2.75) is 31.4 Å². The number of hydrogen-bond acceptors (Lipinski definition) is 2. The number of alkyl halides is 1. The molecule has 1 heterocycles. The maximum Gasteiger partial charge on any atom is 0.119 e. The number of aryl methyl sites for hydroxylation is 1. The zero-order valence-electron chi connectivity index (χ0n) is 8.87. The van der Waals surface area contributed by atoms with Crippen molar-refractivity contribution in [3.05, 3.63) is 29.8 Å². The van der Waals surface area contributed by atoms with E-state index in [2.05, 4.69) is 24.4 Å². The van der Waals surface area contributed by atoms with Gasteiger partial charge in [0.2, 0.25) is 0 Å². The van der Waals surface area contributed by atoms with E-state index in [0.29, 0.717) is 0 Å². The molecule has 3 heteroatoms. The summed E-state index contributed by atoms with van der Waals surface area (Å²) in [6, 6.07) is 8.16. The SMILES string of the molecule is Cc1ccc(OC2CCNC(Cl)C2)cc1. The molecule has 2 rings (SSSR count). The zero-order chi connectivity index (χ0) is 10.7. The van der Waals surface area contributed by atoms with Crippen LogP contribution in [0.25, 0.3) is 0 Å². The van der Waals surface area contributed by atoms with Gasteiger partial charge in [-0.2, -0.15) is 0 Å². The number of halogens is 1. The Kier molecular flexibility index (Phi) is 3.49. The van der Waals surface area contributed by atoms with Crippen LogP contribution in [-0.4, -0.2) is 18.1 Å². The van der Waals surface area contributed by atoms with Crippen LogP contribution in [0.15, 0.2) is 24.3 Å². The molecule has 1 aromatic carbocycles. The van der Waals surface area contributed by atoms with Crippen molar-refractivity contribution < 1.29 is 4.74 Å². The highest BCUT2D eigenvalue weighted by atomic mass is 35.5. The van der Waals surface area contributed by atoms with Gasteiger partial charge >= 0.3 is 0 Å². The summed E-state index contributed by atoms with van der Waals surface area (Å²) in [4.78, 5) is 0. The second-order valence-electron chi connectivity index (χ2n) is 4.00. The summed E-state index contributed by atoms with van der Waals surface area (Å²) in [5.74, 6) is 0.941. The Morgan fingerprint density at radius 3 is 2.73 bits per heavy atom. The molecule has 2 unspecified atom stereocenters. The highest BCUT2D eigenvalue weighted by molar-refractivity contribution is 6.20. The third-order valence-corrected chi connectivity index (χ3v) is 2.96. The van der Waals surface area contributed by atoms with Crippen molar-refractivity contribution >= 4 is 11.6 Å². The summed E-state index contributed by atoms with van der Waals surface area (Å²) < 4.78 is 5.86. The number of hydrogen-bond donors (Lipinski definition) is 1. The minimum atomic E-state index is 0.0502. The topological polar surface area (TPSA) is 21.3 Å². The monoisotopic (exact) mass is 225 g/mol. The molecular weight excluding hydrogens is 210 g/mol. The van der Waals surface area contributed by atoms with E-state index in [9.17, 15) is 0 Å². The summed E-state index contributed by atoms with van der Waals surface area (Å²) >= 11 is 6.01. The van der Waals surface area contributed by atoms with Crippen molar-refractivity contribution in [1.82, 2.24) is 5.32 Å².